The normalized spacial score (nSPS) is 10.6. The number of hydrogen-bond donors (Lipinski definition) is 2. The van der Waals surface area contributed by atoms with Crippen molar-refractivity contribution in [1.82, 2.24) is 0 Å². The number of hydrogen-bond acceptors (Lipinski definition) is 5. The van der Waals surface area contributed by atoms with Crippen molar-refractivity contribution in [1.29, 1.82) is 0 Å². The molecule has 2 aromatic carbocycles. The molecule has 23 heavy (non-hydrogen) atoms. The fourth-order valence-electron chi connectivity index (χ4n) is 2.00. The smallest absolute Gasteiger partial charge is 0.335 e. The van der Waals surface area contributed by atoms with Crippen molar-refractivity contribution in [2.75, 3.05) is 19.6 Å². The Kier molecular flexibility index (Phi) is 5.19. The van der Waals surface area contributed by atoms with Gasteiger partial charge in [0.2, 0.25) is 0 Å². The number of nitrogens with one attached hydrogen (secondary N) is 1. The summed E-state index contributed by atoms with van der Waals surface area (Å²) in [5.74, 6) is 0.339. The van der Waals surface area contributed by atoms with Crippen LogP contribution in [0.15, 0.2) is 41.5 Å². The lowest BCUT2D eigenvalue weighted by atomic mass is 10.1. The van der Waals surface area contributed by atoms with Crippen LogP contribution in [-0.2, 0) is 0 Å². The molecular weight excluding hydrogens is 296 g/mol. The molecule has 0 unspecified atom stereocenters. The third kappa shape index (κ3) is 4.00. The van der Waals surface area contributed by atoms with E-state index < -0.39 is 5.97 Å². The second-order valence-corrected chi connectivity index (χ2v) is 4.82. The fraction of sp³-hybridized carbons (Fsp3) is 0.176. The van der Waals surface area contributed by atoms with E-state index >= 15 is 0 Å². The Labute approximate surface area is 134 Å². The average molecular weight is 314 g/mol. The van der Waals surface area contributed by atoms with Crippen LogP contribution in [0.25, 0.3) is 0 Å². The maximum absolute atomic E-state index is 10.8. The van der Waals surface area contributed by atoms with Crippen molar-refractivity contribution in [3.05, 3.63) is 53.1 Å². The van der Waals surface area contributed by atoms with Gasteiger partial charge in [0, 0.05) is 5.56 Å². The Morgan fingerprint density at radius 2 is 1.74 bits per heavy atom. The summed E-state index contributed by atoms with van der Waals surface area (Å²) in [5, 5.41) is 13.0. The molecule has 0 atom stereocenters. The summed E-state index contributed by atoms with van der Waals surface area (Å²) in [5.41, 5.74) is 5.67. The highest BCUT2D eigenvalue weighted by Crippen LogP contribution is 2.29. The summed E-state index contributed by atoms with van der Waals surface area (Å²) in [6.07, 6.45) is 1.67. The molecule has 0 saturated carbocycles. The summed E-state index contributed by atoms with van der Waals surface area (Å²) >= 11 is 0. The van der Waals surface area contributed by atoms with Crippen LogP contribution in [-0.4, -0.2) is 31.5 Å². The third-order valence-electron chi connectivity index (χ3n) is 3.30. The monoisotopic (exact) mass is 314 g/mol. The van der Waals surface area contributed by atoms with Gasteiger partial charge in [0.05, 0.1) is 31.7 Å². The van der Waals surface area contributed by atoms with E-state index in [1.807, 2.05) is 19.1 Å². The lowest BCUT2D eigenvalue weighted by Crippen LogP contribution is -1.98. The Morgan fingerprint density at radius 3 is 2.30 bits per heavy atom. The first-order valence-corrected chi connectivity index (χ1v) is 6.90. The molecule has 0 aromatic heterocycles. The second kappa shape index (κ2) is 7.31. The van der Waals surface area contributed by atoms with Crippen LogP contribution in [0.1, 0.15) is 21.5 Å². The van der Waals surface area contributed by atoms with Gasteiger partial charge in [-0.2, -0.15) is 5.10 Å². The van der Waals surface area contributed by atoms with Crippen LogP contribution < -0.4 is 14.9 Å². The quantitative estimate of drug-likeness (QED) is 0.632. The fourth-order valence-corrected chi connectivity index (χ4v) is 2.00. The molecular formula is C17H18N2O4. The van der Waals surface area contributed by atoms with Crippen LogP contribution >= 0.6 is 0 Å². The molecule has 6 heteroatoms. The average Bonchev–Trinajstić information content (AvgIpc) is 2.56. The van der Waals surface area contributed by atoms with E-state index in [1.165, 1.54) is 12.1 Å². The van der Waals surface area contributed by atoms with E-state index in [1.54, 1.807) is 32.6 Å². The van der Waals surface area contributed by atoms with Crippen molar-refractivity contribution >= 4 is 17.9 Å². The number of hydrazone groups is 1. The SMILES string of the molecule is COc1cc(C)c(/C=N/Nc2ccc(C(=O)O)cc2)cc1OC. The Balaban J connectivity index is 2.12. The summed E-state index contributed by atoms with van der Waals surface area (Å²) in [6, 6.07) is 10.1. The van der Waals surface area contributed by atoms with Gasteiger partial charge in [-0.05, 0) is 48.9 Å². The van der Waals surface area contributed by atoms with Gasteiger partial charge in [0.15, 0.2) is 11.5 Å². The van der Waals surface area contributed by atoms with E-state index in [0.29, 0.717) is 17.2 Å². The number of ether oxygens (including phenoxy) is 2. The highest BCUT2D eigenvalue weighted by Gasteiger charge is 2.07. The van der Waals surface area contributed by atoms with Crippen LogP contribution in [0.2, 0.25) is 0 Å². The summed E-state index contributed by atoms with van der Waals surface area (Å²) in [6.45, 7) is 1.95. The predicted octanol–water partition coefficient (Wildman–Crippen LogP) is 3.16. The van der Waals surface area contributed by atoms with E-state index in [-0.39, 0.29) is 5.56 Å². The number of anilines is 1. The molecule has 2 aromatic rings. The number of aryl methyl sites for hydroxylation is 1. The summed E-state index contributed by atoms with van der Waals surface area (Å²) < 4.78 is 10.5. The molecule has 0 amide bonds. The minimum atomic E-state index is -0.957. The first-order chi connectivity index (χ1) is 11.0. The highest BCUT2D eigenvalue weighted by molar-refractivity contribution is 5.88. The van der Waals surface area contributed by atoms with Gasteiger partial charge in [-0.1, -0.05) is 0 Å². The first-order valence-electron chi connectivity index (χ1n) is 6.90. The lowest BCUT2D eigenvalue weighted by Gasteiger charge is -2.10. The van der Waals surface area contributed by atoms with Gasteiger partial charge in [-0.15, -0.1) is 0 Å². The zero-order chi connectivity index (χ0) is 16.8. The van der Waals surface area contributed by atoms with E-state index in [4.69, 9.17) is 14.6 Å². The molecule has 0 aliphatic rings. The molecule has 0 fully saturated rings. The maximum atomic E-state index is 10.8. The Morgan fingerprint density at radius 1 is 1.13 bits per heavy atom. The molecule has 0 aliphatic heterocycles. The van der Waals surface area contributed by atoms with Crippen LogP contribution in [0.4, 0.5) is 5.69 Å². The molecule has 0 aliphatic carbocycles. The van der Waals surface area contributed by atoms with Crippen LogP contribution in [0.3, 0.4) is 0 Å². The molecule has 0 saturated heterocycles. The number of carbonyl (C=O) groups is 1. The molecule has 6 nitrogen and oxygen atoms in total. The number of carboxylic acids is 1. The van der Waals surface area contributed by atoms with Gasteiger partial charge in [0.25, 0.3) is 0 Å². The molecule has 0 heterocycles. The number of methoxy groups -OCH3 is 2. The molecule has 120 valence electrons. The van der Waals surface area contributed by atoms with Crippen molar-refractivity contribution in [2.45, 2.75) is 6.92 Å². The number of aromatic carboxylic acids is 1. The number of rotatable bonds is 6. The largest absolute Gasteiger partial charge is 0.493 e. The Hall–Kier alpha value is -3.02. The van der Waals surface area contributed by atoms with E-state index in [2.05, 4.69) is 10.5 Å². The molecule has 0 radical (unpaired) electrons. The molecule has 0 spiro atoms. The van der Waals surface area contributed by atoms with Gasteiger partial charge in [-0.3, -0.25) is 5.43 Å². The number of carboxylic acid groups (broad SMARTS) is 1. The lowest BCUT2D eigenvalue weighted by molar-refractivity contribution is 0.0697. The van der Waals surface area contributed by atoms with Crippen molar-refractivity contribution in [3.8, 4) is 11.5 Å². The van der Waals surface area contributed by atoms with Gasteiger partial charge in [0.1, 0.15) is 0 Å². The zero-order valence-corrected chi connectivity index (χ0v) is 13.2. The highest BCUT2D eigenvalue weighted by atomic mass is 16.5. The molecule has 2 N–H and O–H groups in total. The minimum Gasteiger partial charge on any atom is -0.493 e. The van der Waals surface area contributed by atoms with Crippen molar-refractivity contribution < 1.29 is 19.4 Å². The topological polar surface area (TPSA) is 80.2 Å². The van der Waals surface area contributed by atoms with E-state index in [0.717, 1.165) is 11.1 Å². The first kappa shape index (κ1) is 16.4. The second-order valence-electron chi connectivity index (χ2n) is 4.82. The molecule has 2 rings (SSSR count). The van der Waals surface area contributed by atoms with Crippen LogP contribution in [0.5, 0.6) is 11.5 Å². The Bertz CT molecular complexity index is 724. The van der Waals surface area contributed by atoms with Gasteiger partial charge in [-0.25, -0.2) is 4.79 Å². The van der Waals surface area contributed by atoms with Gasteiger partial charge < -0.3 is 14.6 Å². The summed E-state index contributed by atoms with van der Waals surface area (Å²) in [4.78, 5) is 10.8. The van der Waals surface area contributed by atoms with Crippen molar-refractivity contribution in [3.63, 3.8) is 0 Å². The maximum Gasteiger partial charge on any atom is 0.335 e. The summed E-state index contributed by atoms with van der Waals surface area (Å²) in [7, 11) is 3.17. The van der Waals surface area contributed by atoms with E-state index in [9.17, 15) is 4.79 Å². The predicted molar refractivity (Wildman–Crippen MR) is 88.9 cm³/mol. The van der Waals surface area contributed by atoms with Crippen molar-refractivity contribution in [2.24, 2.45) is 5.10 Å². The molecule has 0 bridgehead atoms. The number of nitrogens with zero attached hydrogens (tertiary/aromatic N) is 1. The standard InChI is InChI=1S/C17H18N2O4/c1-11-8-15(22-2)16(23-3)9-13(11)10-18-19-14-6-4-12(5-7-14)17(20)21/h4-10,19H,1-3H3,(H,20,21)/b18-10+. The minimum absolute atomic E-state index is 0.232. The van der Waals surface area contributed by atoms with Crippen LogP contribution in [0, 0.1) is 6.92 Å². The third-order valence-corrected chi connectivity index (χ3v) is 3.30. The number of benzene rings is 2. The zero-order valence-electron chi connectivity index (χ0n) is 13.2. The van der Waals surface area contributed by atoms with Gasteiger partial charge >= 0.3 is 5.97 Å².